The van der Waals surface area contributed by atoms with Crippen LogP contribution in [-0.2, 0) is 32.1 Å². The van der Waals surface area contributed by atoms with E-state index in [1.165, 1.54) is 0 Å². The predicted molar refractivity (Wildman–Crippen MR) is 140 cm³/mol. The predicted octanol–water partition coefficient (Wildman–Crippen LogP) is 3.82. The Balaban J connectivity index is 1.43. The monoisotopic (exact) mass is 505 g/mol. The van der Waals surface area contributed by atoms with Crippen molar-refractivity contribution >= 4 is 29.4 Å². The lowest BCUT2D eigenvalue weighted by Gasteiger charge is -2.39. The molecule has 2 atom stereocenters. The molecule has 0 radical (unpaired) electrons. The Kier molecular flexibility index (Phi) is 8.58. The van der Waals surface area contributed by atoms with E-state index < -0.39 is 24.0 Å². The summed E-state index contributed by atoms with van der Waals surface area (Å²) in [6.07, 6.45) is 4.97. The summed E-state index contributed by atoms with van der Waals surface area (Å²) in [6, 6.07) is 13.0. The third-order valence-electron chi connectivity index (χ3n) is 7.40. The van der Waals surface area contributed by atoms with E-state index in [4.69, 9.17) is 0 Å². The van der Waals surface area contributed by atoms with Crippen LogP contribution in [0, 0.1) is 12.8 Å². The number of hydrogen-bond acceptors (Lipinski definition) is 4. The lowest BCUT2D eigenvalue weighted by atomic mass is 9.86. The highest BCUT2D eigenvalue weighted by Crippen LogP contribution is 2.30. The molecular formula is C29H35N3O5. The van der Waals surface area contributed by atoms with Gasteiger partial charge in [0.2, 0.25) is 17.7 Å². The zero-order chi connectivity index (χ0) is 26.4. The standard InChI is InChI=1S/C29H35N3O5/c1-19-11-13-23(14-12-19)30-26(33)16-15-24(29(36)37)31-27(34)25-17-21-9-5-6-10-22(21)18-32(25)28(35)20-7-3-2-4-8-20/h5-6,9-14,20,24-25H,2-4,7-8,15-18H2,1H3,(H,30,33)(H,31,34)(H,36,37)/t24-,25-/m1/s1. The molecule has 8 nitrogen and oxygen atoms in total. The zero-order valence-electron chi connectivity index (χ0n) is 21.2. The first-order valence-corrected chi connectivity index (χ1v) is 13.1. The van der Waals surface area contributed by atoms with Crippen molar-refractivity contribution in [2.45, 2.75) is 76.9 Å². The van der Waals surface area contributed by atoms with Crippen LogP contribution in [-0.4, -0.2) is 45.8 Å². The van der Waals surface area contributed by atoms with Crippen molar-refractivity contribution in [2.24, 2.45) is 5.92 Å². The SMILES string of the molecule is Cc1ccc(NC(=O)CC[C@@H](NC(=O)[C@H]2Cc3ccccc3CN2C(=O)C2CCCCC2)C(=O)O)cc1. The Morgan fingerprint density at radius 3 is 2.32 bits per heavy atom. The second-order valence-corrected chi connectivity index (χ2v) is 10.1. The summed E-state index contributed by atoms with van der Waals surface area (Å²) >= 11 is 0. The van der Waals surface area contributed by atoms with Gasteiger partial charge in [0, 0.05) is 31.0 Å². The first-order chi connectivity index (χ1) is 17.8. The molecule has 3 amide bonds. The van der Waals surface area contributed by atoms with Gasteiger partial charge in [-0.25, -0.2) is 4.79 Å². The highest BCUT2D eigenvalue weighted by Gasteiger charge is 2.38. The minimum Gasteiger partial charge on any atom is -0.480 e. The smallest absolute Gasteiger partial charge is 0.326 e. The molecule has 1 aliphatic carbocycles. The van der Waals surface area contributed by atoms with Gasteiger partial charge in [0.1, 0.15) is 12.1 Å². The molecule has 2 aliphatic rings. The molecule has 0 aromatic heterocycles. The lowest BCUT2D eigenvalue weighted by Crippen LogP contribution is -2.56. The number of nitrogens with zero attached hydrogens (tertiary/aromatic N) is 1. The number of nitrogens with one attached hydrogen (secondary N) is 2. The molecule has 0 spiro atoms. The average Bonchev–Trinajstić information content (AvgIpc) is 2.91. The zero-order valence-corrected chi connectivity index (χ0v) is 21.2. The van der Waals surface area contributed by atoms with Gasteiger partial charge in [0.05, 0.1) is 0 Å². The van der Waals surface area contributed by atoms with Gasteiger partial charge < -0.3 is 20.6 Å². The fraction of sp³-hybridized carbons (Fsp3) is 0.448. The highest BCUT2D eigenvalue weighted by molar-refractivity contribution is 5.93. The third-order valence-corrected chi connectivity index (χ3v) is 7.40. The van der Waals surface area contributed by atoms with E-state index in [-0.39, 0.29) is 30.6 Å². The van der Waals surface area contributed by atoms with Crippen LogP contribution in [0.15, 0.2) is 48.5 Å². The van der Waals surface area contributed by atoms with E-state index in [9.17, 15) is 24.3 Å². The molecule has 4 rings (SSSR count). The number of aryl methyl sites for hydroxylation is 1. The molecule has 0 saturated heterocycles. The number of benzene rings is 2. The summed E-state index contributed by atoms with van der Waals surface area (Å²) in [4.78, 5) is 52.9. The van der Waals surface area contributed by atoms with Crippen molar-refractivity contribution in [2.75, 3.05) is 5.32 Å². The number of rotatable bonds is 8. The van der Waals surface area contributed by atoms with Crippen LogP contribution in [0.25, 0.3) is 0 Å². The van der Waals surface area contributed by atoms with Crippen molar-refractivity contribution in [3.05, 3.63) is 65.2 Å². The fourth-order valence-corrected chi connectivity index (χ4v) is 5.23. The number of aliphatic carboxylic acids is 1. The molecular weight excluding hydrogens is 470 g/mol. The number of anilines is 1. The summed E-state index contributed by atoms with van der Waals surface area (Å²) in [7, 11) is 0. The minimum absolute atomic E-state index is 0.0290. The van der Waals surface area contributed by atoms with Crippen molar-refractivity contribution in [1.82, 2.24) is 10.2 Å². The Labute approximate surface area is 217 Å². The molecule has 0 unspecified atom stereocenters. The lowest BCUT2D eigenvalue weighted by molar-refractivity contribution is -0.148. The maximum absolute atomic E-state index is 13.5. The maximum Gasteiger partial charge on any atom is 0.326 e. The van der Waals surface area contributed by atoms with Gasteiger partial charge in [-0.05, 0) is 49.4 Å². The Morgan fingerprint density at radius 1 is 0.973 bits per heavy atom. The van der Waals surface area contributed by atoms with Crippen molar-refractivity contribution < 1.29 is 24.3 Å². The topological polar surface area (TPSA) is 116 Å². The van der Waals surface area contributed by atoms with Gasteiger partial charge in [-0.1, -0.05) is 61.2 Å². The van der Waals surface area contributed by atoms with E-state index in [1.807, 2.05) is 43.3 Å². The normalized spacial score (nSPS) is 18.4. The molecule has 1 aliphatic heterocycles. The Morgan fingerprint density at radius 2 is 1.65 bits per heavy atom. The number of carboxylic acids is 1. The van der Waals surface area contributed by atoms with Gasteiger partial charge >= 0.3 is 5.97 Å². The molecule has 37 heavy (non-hydrogen) atoms. The third kappa shape index (κ3) is 6.76. The Hall–Kier alpha value is -3.68. The van der Waals surface area contributed by atoms with Crippen molar-refractivity contribution in [3.8, 4) is 0 Å². The Bertz CT molecular complexity index is 1140. The fourth-order valence-electron chi connectivity index (χ4n) is 5.23. The van der Waals surface area contributed by atoms with Gasteiger partial charge in [0.25, 0.3) is 0 Å². The van der Waals surface area contributed by atoms with E-state index in [2.05, 4.69) is 10.6 Å². The van der Waals surface area contributed by atoms with Crippen LogP contribution in [0.5, 0.6) is 0 Å². The van der Waals surface area contributed by atoms with Crippen molar-refractivity contribution in [1.29, 1.82) is 0 Å². The molecule has 1 heterocycles. The average molecular weight is 506 g/mol. The van der Waals surface area contributed by atoms with Gasteiger partial charge in [0.15, 0.2) is 0 Å². The van der Waals surface area contributed by atoms with Crippen LogP contribution in [0.2, 0.25) is 0 Å². The van der Waals surface area contributed by atoms with E-state index in [0.29, 0.717) is 18.7 Å². The second-order valence-electron chi connectivity index (χ2n) is 10.1. The van der Waals surface area contributed by atoms with Crippen LogP contribution >= 0.6 is 0 Å². The number of carbonyl (C=O) groups excluding carboxylic acids is 3. The first-order valence-electron chi connectivity index (χ1n) is 13.1. The second kappa shape index (κ2) is 12.0. The summed E-state index contributed by atoms with van der Waals surface area (Å²) in [5, 5.41) is 15.1. The molecule has 8 heteroatoms. The molecule has 1 fully saturated rings. The van der Waals surface area contributed by atoms with Crippen LogP contribution in [0.1, 0.15) is 61.6 Å². The summed E-state index contributed by atoms with van der Waals surface area (Å²) in [5.74, 6) is -2.17. The summed E-state index contributed by atoms with van der Waals surface area (Å²) in [6.45, 7) is 2.28. The van der Waals surface area contributed by atoms with Crippen LogP contribution < -0.4 is 10.6 Å². The van der Waals surface area contributed by atoms with E-state index in [1.54, 1.807) is 17.0 Å². The number of fused-ring (bicyclic) bond motifs is 1. The van der Waals surface area contributed by atoms with Gasteiger partial charge in [-0.2, -0.15) is 0 Å². The number of carboxylic acid groups (broad SMARTS) is 1. The first kappa shape index (κ1) is 26.4. The van der Waals surface area contributed by atoms with E-state index in [0.717, 1.165) is 48.8 Å². The largest absolute Gasteiger partial charge is 0.480 e. The van der Waals surface area contributed by atoms with Crippen molar-refractivity contribution in [3.63, 3.8) is 0 Å². The number of amides is 3. The number of carbonyl (C=O) groups is 4. The molecule has 2 aromatic carbocycles. The molecule has 2 aromatic rings. The maximum atomic E-state index is 13.5. The van der Waals surface area contributed by atoms with Gasteiger partial charge in [-0.3, -0.25) is 14.4 Å². The summed E-state index contributed by atoms with van der Waals surface area (Å²) < 4.78 is 0. The molecule has 0 bridgehead atoms. The van der Waals surface area contributed by atoms with Crippen LogP contribution in [0.3, 0.4) is 0 Å². The molecule has 196 valence electrons. The number of hydrogen-bond donors (Lipinski definition) is 3. The van der Waals surface area contributed by atoms with Gasteiger partial charge in [-0.15, -0.1) is 0 Å². The summed E-state index contributed by atoms with van der Waals surface area (Å²) in [5.41, 5.74) is 3.69. The van der Waals surface area contributed by atoms with Crippen LogP contribution in [0.4, 0.5) is 5.69 Å². The molecule has 3 N–H and O–H groups in total. The van der Waals surface area contributed by atoms with E-state index >= 15 is 0 Å². The quantitative estimate of drug-likeness (QED) is 0.505. The minimum atomic E-state index is -1.24. The highest BCUT2D eigenvalue weighted by atomic mass is 16.4. The molecule has 1 saturated carbocycles.